The fraction of sp³-hybridized carbons (Fsp3) is 0.588. The summed E-state index contributed by atoms with van der Waals surface area (Å²) in [5.41, 5.74) is 1.25. The normalized spacial score (nSPS) is 15.1. The summed E-state index contributed by atoms with van der Waals surface area (Å²) in [5, 5.41) is 21.2. The van der Waals surface area contributed by atoms with E-state index >= 15 is 0 Å². The van der Waals surface area contributed by atoms with E-state index < -0.39 is 12.2 Å². The van der Waals surface area contributed by atoms with E-state index in [9.17, 15) is 19.8 Å². The zero-order chi connectivity index (χ0) is 29.8. The van der Waals surface area contributed by atoms with Gasteiger partial charge in [0.05, 0.1) is 24.0 Å². The standard InChI is InChI=1S/C34H50O6/c1-25(31(37)39-23-27-13-9-7-10-14-27)33(3,4)21-19-29(35)17-18-30(36)20-22-34(5,6)26(2)32(38)40-24-28-15-11-8-12-16-28/h7-16,25-26,29-30,35-36H,17-24H2,1-6H3. The molecule has 6 heteroatoms. The van der Waals surface area contributed by atoms with Crippen LogP contribution in [0.25, 0.3) is 0 Å². The van der Waals surface area contributed by atoms with Crippen LogP contribution in [-0.2, 0) is 32.3 Å². The van der Waals surface area contributed by atoms with Crippen LogP contribution in [0.1, 0.15) is 91.2 Å². The summed E-state index contributed by atoms with van der Waals surface area (Å²) in [6.45, 7) is 12.4. The van der Waals surface area contributed by atoms with Crippen molar-refractivity contribution in [3.8, 4) is 0 Å². The maximum absolute atomic E-state index is 12.6. The SMILES string of the molecule is CC(C(=O)OCc1ccccc1)C(C)(C)CCC(O)CCC(O)CCC(C)(C)C(C)C(=O)OCc1ccccc1. The van der Waals surface area contributed by atoms with Gasteiger partial charge < -0.3 is 19.7 Å². The summed E-state index contributed by atoms with van der Waals surface area (Å²) in [4.78, 5) is 25.2. The molecule has 2 aromatic rings. The van der Waals surface area contributed by atoms with E-state index in [0.717, 1.165) is 11.1 Å². The number of aliphatic hydroxyl groups excluding tert-OH is 2. The molecule has 6 nitrogen and oxygen atoms in total. The third-order valence-corrected chi connectivity index (χ3v) is 8.58. The maximum Gasteiger partial charge on any atom is 0.309 e. The van der Waals surface area contributed by atoms with Crippen LogP contribution < -0.4 is 0 Å². The summed E-state index contributed by atoms with van der Waals surface area (Å²) in [5.74, 6) is -1.09. The lowest BCUT2D eigenvalue weighted by Gasteiger charge is -2.32. The predicted octanol–water partition coefficient (Wildman–Crippen LogP) is 6.86. The number of benzene rings is 2. The Kier molecular flexibility index (Phi) is 13.3. The number of ether oxygens (including phenoxy) is 2. The second kappa shape index (κ2) is 15.9. The molecule has 0 spiro atoms. The molecule has 0 aliphatic heterocycles. The van der Waals surface area contributed by atoms with E-state index in [4.69, 9.17) is 9.47 Å². The van der Waals surface area contributed by atoms with E-state index in [-0.39, 0.29) is 47.8 Å². The fourth-order valence-electron chi connectivity index (χ4n) is 4.53. The lowest BCUT2D eigenvalue weighted by Crippen LogP contribution is -2.31. The summed E-state index contributed by atoms with van der Waals surface area (Å²) in [7, 11) is 0. The molecule has 0 bridgehead atoms. The molecule has 0 aliphatic carbocycles. The summed E-state index contributed by atoms with van der Waals surface area (Å²) >= 11 is 0. The van der Waals surface area contributed by atoms with Gasteiger partial charge >= 0.3 is 11.9 Å². The average Bonchev–Trinajstić information content (AvgIpc) is 2.95. The number of esters is 2. The number of aliphatic hydroxyl groups is 2. The van der Waals surface area contributed by atoms with Crippen LogP contribution in [0.4, 0.5) is 0 Å². The van der Waals surface area contributed by atoms with Gasteiger partial charge in [-0.25, -0.2) is 0 Å². The molecule has 0 saturated carbocycles. The second-order valence-electron chi connectivity index (χ2n) is 12.6. The van der Waals surface area contributed by atoms with Gasteiger partial charge in [0, 0.05) is 0 Å². The van der Waals surface area contributed by atoms with Crippen molar-refractivity contribution in [3.05, 3.63) is 71.8 Å². The number of carbonyl (C=O) groups excluding carboxylic acids is 2. The molecule has 0 heterocycles. The Hall–Kier alpha value is -2.70. The van der Waals surface area contributed by atoms with Gasteiger partial charge in [-0.1, -0.05) is 102 Å². The van der Waals surface area contributed by atoms with Crippen molar-refractivity contribution in [3.63, 3.8) is 0 Å². The highest BCUT2D eigenvalue weighted by atomic mass is 16.5. The zero-order valence-electron chi connectivity index (χ0n) is 25.3. The quantitative estimate of drug-likeness (QED) is 0.208. The minimum absolute atomic E-state index is 0.237. The molecule has 0 aromatic heterocycles. The first-order valence-corrected chi connectivity index (χ1v) is 14.6. The first-order valence-electron chi connectivity index (χ1n) is 14.6. The topological polar surface area (TPSA) is 93.1 Å². The van der Waals surface area contributed by atoms with E-state index in [0.29, 0.717) is 38.5 Å². The molecule has 0 radical (unpaired) electrons. The highest BCUT2D eigenvalue weighted by Crippen LogP contribution is 2.35. The largest absolute Gasteiger partial charge is 0.461 e. The molecule has 0 aliphatic rings. The van der Waals surface area contributed by atoms with Crippen LogP contribution in [0.5, 0.6) is 0 Å². The summed E-state index contributed by atoms with van der Waals surface area (Å²) < 4.78 is 11.0. The van der Waals surface area contributed by atoms with E-state index in [1.165, 1.54) is 0 Å². The number of rotatable bonds is 17. The molecule has 4 unspecified atom stereocenters. The Morgan fingerprint density at radius 2 is 0.950 bits per heavy atom. The van der Waals surface area contributed by atoms with E-state index in [1.54, 1.807) is 0 Å². The molecule has 0 fully saturated rings. The van der Waals surface area contributed by atoms with Crippen LogP contribution in [0.15, 0.2) is 60.7 Å². The number of carbonyl (C=O) groups is 2. The molecule has 40 heavy (non-hydrogen) atoms. The number of hydrogen-bond donors (Lipinski definition) is 2. The van der Waals surface area contributed by atoms with Crippen molar-refractivity contribution in [2.45, 2.75) is 105 Å². The third kappa shape index (κ3) is 11.4. The van der Waals surface area contributed by atoms with Crippen LogP contribution in [-0.4, -0.2) is 34.4 Å². The average molecular weight is 555 g/mol. The Labute approximate surface area is 241 Å². The maximum atomic E-state index is 12.6. The van der Waals surface area contributed by atoms with Crippen LogP contribution in [0, 0.1) is 22.7 Å². The highest BCUT2D eigenvalue weighted by molar-refractivity contribution is 5.73. The van der Waals surface area contributed by atoms with Gasteiger partial charge in [-0.2, -0.15) is 0 Å². The summed E-state index contributed by atoms with van der Waals surface area (Å²) in [6, 6.07) is 19.2. The smallest absolute Gasteiger partial charge is 0.309 e. The van der Waals surface area contributed by atoms with Crippen molar-refractivity contribution in [1.29, 1.82) is 0 Å². The van der Waals surface area contributed by atoms with Gasteiger partial charge in [0.25, 0.3) is 0 Å². The molecule has 2 aromatic carbocycles. The second-order valence-corrected chi connectivity index (χ2v) is 12.6. The van der Waals surface area contributed by atoms with Gasteiger partial charge in [-0.3, -0.25) is 9.59 Å². The Morgan fingerprint density at radius 3 is 1.27 bits per heavy atom. The molecule has 0 saturated heterocycles. The molecular weight excluding hydrogens is 504 g/mol. The van der Waals surface area contributed by atoms with Gasteiger partial charge in [0.15, 0.2) is 0 Å². The van der Waals surface area contributed by atoms with Crippen LogP contribution >= 0.6 is 0 Å². The first kappa shape index (κ1) is 33.5. The molecule has 2 N–H and O–H groups in total. The van der Waals surface area contributed by atoms with Crippen molar-refractivity contribution in [1.82, 2.24) is 0 Å². The zero-order valence-corrected chi connectivity index (χ0v) is 25.3. The van der Waals surface area contributed by atoms with Crippen molar-refractivity contribution in [2.24, 2.45) is 22.7 Å². The number of hydrogen-bond acceptors (Lipinski definition) is 6. The Balaban J connectivity index is 1.69. The highest BCUT2D eigenvalue weighted by Gasteiger charge is 2.34. The lowest BCUT2D eigenvalue weighted by atomic mass is 9.75. The Morgan fingerprint density at radius 1 is 0.625 bits per heavy atom. The van der Waals surface area contributed by atoms with Crippen LogP contribution in [0.3, 0.4) is 0 Å². The van der Waals surface area contributed by atoms with Crippen molar-refractivity contribution >= 4 is 11.9 Å². The molecular formula is C34H50O6. The minimum atomic E-state index is -0.554. The first-order chi connectivity index (χ1) is 18.8. The minimum Gasteiger partial charge on any atom is -0.461 e. The molecule has 222 valence electrons. The monoisotopic (exact) mass is 554 g/mol. The molecule has 0 amide bonds. The Bertz CT molecular complexity index is 934. The van der Waals surface area contributed by atoms with Gasteiger partial charge in [-0.15, -0.1) is 0 Å². The van der Waals surface area contributed by atoms with Gasteiger partial charge in [0.2, 0.25) is 0 Å². The van der Waals surface area contributed by atoms with Crippen LogP contribution in [0.2, 0.25) is 0 Å². The van der Waals surface area contributed by atoms with Gasteiger partial charge in [-0.05, 0) is 60.5 Å². The van der Waals surface area contributed by atoms with Crippen molar-refractivity contribution < 1.29 is 29.3 Å². The third-order valence-electron chi connectivity index (χ3n) is 8.58. The molecule has 4 atom stereocenters. The van der Waals surface area contributed by atoms with Gasteiger partial charge in [0.1, 0.15) is 13.2 Å². The summed E-state index contributed by atoms with van der Waals surface area (Å²) in [6.07, 6.45) is 2.29. The predicted molar refractivity (Wildman–Crippen MR) is 158 cm³/mol. The van der Waals surface area contributed by atoms with E-state index in [2.05, 4.69) is 0 Å². The lowest BCUT2D eigenvalue weighted by molar-refractivity contribution is -0.154. The van der Waals surface area contributed by atoms with E-state index in [1.807, 2.05) is 102 Å². The van der Waals surface area contributed by atoms with Crippen molar-refractivity contribution in [2.75, 3.05) is 0 Å². The fourth-order valence-corrected chi connectivity index (χ4v) is 4.53. The molecule has 2 rings (SSSR count).